The van der Waals surface area contributed by atoms with Gasteiger partial charge < -0.3 is 23.4 Å². The molecule has 8 heteroatoms. The number of benzene rings is 2. The van der Waals surface area contributed by atoms with Crippen LogP contribution in [0.25, 0.3) is 11.5 Å². The Morgan fingerprint density at radius 3 is 2.24 bits per heavy atom. The van der Waals surface area contributed by atoms with Gasteiger partial charge in [-0.05, 0) is 38.1 Å². The first kappa shape index (κ1) is 20.2. The lowest BCUT2D eigenvalue weighted by Gasteiger charge is -2.16. The summed E-state index contributed by atoms with van der Waals surface area (Å²) in [6, 6.07) is 10.8. The molecule has 0 spiro atoms. The van der Waals surface area contributed by atoms with E-state index < -0.39 is 12.1 Å². The molecule has 0 fully saturated rings. The number of methoxy groups -OCH3 is 3. The summed E-state index contributed by atoms with van der Waals surface area (Å²) in [7, 11) is 4.39. The summed E-state index contributed by atoms with van der Waals surface area (Å²) in [5, 5.41) is 8.03. The van der Waals surface area contributed by atoms with Crippen molar-refractivity contribution >= 4 is 5.97 Å². The standard InChI is InChI=1S/C21H22N2O6/c1-12-6-8-14(9-7-12)20-23-22-19(29-20)13(2)28-21(24)15-10-11-16(25-3)18(27-5)17(15)26-4/h6-11,13H,1-5H3/t13-/m0/s1. The molecule has 0 unspecified atom stereocenters. The zero-order chi connectivity index (χ0) is 21.0. The van der Waals surface area contributed by atoms with Crippen molar-refractivity contribution in [3.63, 3.8) is 0 Å². The third kappa shape index (κ3) is 4.16. The molecule has 0 aliphatic rings. The largest absolute Gasteiger partial charge is 0.493 e. The number of carbonyl (C=O) groups is 1. The number of hydrogen-bond donors (Lipinski definition) is 0. The van der Waals surface area contributed by atoms with Gasteiger partial charge in [0.15, 0.2) is 17.6 Å². The second kappa shape index (κ2) is 8.64. The van der Waals surface area contributed by atoms with Gasteiger partial charge in [0.05, 0.1) is 21.3 Å². The summed E-state index contributed by atoms with van der Waals surface area (Å²) in [4.78, 5) is 12.7. The summed E-state index contributed by atoms with van der Waals surface area (Å²) in [5.41, 5.74) is 2.10. The fourth-order valence-electron chi connectivity index (χ4n) is 2.75. The molecule has 0 N–H and O–H groups in total. The Hall–Kier alpha value is -3.55. The molecule has 8 nitrogen and oxygen atoms in total. The van der Waals surface area contributed by atoms with E-state index in [1.807, 2.05) is 31.2 Å². The molecule has 0 radical (unpaired) electrons. The van der Waals surface area contributed by atoms with Gasteiger partial charge in [-0.1, -0.05) is 17.7 Å². The van der Waals surface area contributed by atoms with Crippen molar-refractivity contribution in [1.82, 2.24) is 10.2 Å². The van der Waals surface area contributed by atoms with Crippen molar-refractivity contribution in [1.29, 1.82) is 0 Å². The highest BCUT2D eigenvalue weighted by atomic mass is 16.6. The Labute approximate surface area is 168 Å². The van der Waals surface area contributed by atoms with Crippen LogP contribution in [0, 0.1) is 6.92 Å². The van der Waals surface area contributed by atoms with Crippen LogP contribution >= 0.6 is 0 Å². The van der Waals surface area contributed by atoms with Gasteiger partial charge in [-0.3, -0.25) is 0 Å². The maximum absolute atomic E-state index is 12.7. The van der Waals surface area contributed by atoms with Gasteiger partial charge in [-0.2, -0.15) is 0 Å². The predicted octanol–water partition coefficient (Wildman–Crippen LogP) is 3.99. The van der Waals surface area contributed by atoms with Crippen molar-refractivity contribution in [2.45, 2.75) is 20.0 Å². The average molecular weight is 398 g/mol. The summed E-state index contributed by atoms with van der Waals surface area (Å²) in [6.07, 6.45) is -0.757. The van der Waals surface area contributed by atoms with E-state index in [2.05, 4.69) is 10.2 Å². The average Bonchev–Trinajstić information content (AvgIpc) is 3.23. The van der Waals surface area contributed by atoms with E-state index in [4.69, 9.17) is 23.4 Å². The van der Waals surface area contributed by atoms with Crippen molar-refractivity contribution < 1.29 is 28.2 Å². The lowest BCUT2D eigenvalue weighted by atomic mass is 10.1. The number of ether oxygens (including phenoxy) is 4. The fourth-order valence-corrected chi connectivity index (χ4v) is 2.75. The van der Waals surface area contributed by atoms with E-state index in [9.17, 15) is 4.79 Å². The SMILES string of the molecule is COc1ccc(C(=O)O[C@@H](C)c2nnc(-c3ccc(C)cc3)o2)c(OC)c1OC. The second-order valence-electron chi connectivity index (χ2n) is 6.24. The van der Waals surface area contributed by atoms with Gasteiger partial charge in [0, 0.05) is 5.56 Å². The maximum atomic E-state index is 12.7. The molecule has 3 aromatic rings. The Bertz CT molecular complexity index is 997. The van der Waals surface area contributed by atoms with Gasteiger partial charge in [0.1, 0.15) is 5.56 Å². The van der Waals surface area contributed by atoms with Gasteiger partial charge in [0.25, 0.3) is 5.89 Å². The van der Waals surface area contributed by atoms with Crippen LogP contribution in [0.5, 0.6) is 17.2 Å². The van der Waals surface area contributed by atoms with Gasteiger partial charge >= 0.3 is 5.97 Å². The Kier molecular flexibility index (Phi) is 6.01. The van der Waals surface area contributed by atoms with Crippen LogP contribution in [0.15, 0.2) is 40.8 Å². The zero-order valence-corrected chi connectivity index (χ0v) is 16.9. The van der Waals surface area contributed by atoms with E-state index in [1.54, 1.807) is 19.1 Å². The number of aryl methyl sites for hydroxylation is 1. The summed E-state index contributed by atoms with van der Waals surface area (Å²) in [6.45, 7) is 3.64. The quantitative estimate of drug-likeness (QED) is 0.552. The highest BCUT2D eigenvalue weighted by Crippen LogP contribution is 2.40. The smallest absolute Gasteiger partial charge is 0.342 e. The molecule has 1 atom stereocenters. The molecule has 3 rings (SSSR count). The summed E-state index contributed by atoms with van der Waals surface area (Å²) in [5.74, 6) is 0.880. The molecule has 1 heterocycles. The van der Waals surface area contributed by atoms with Crippen LogP contribution in [-0.4, -0.2) is 37.5 Å². The van der Waals surface area contributed by atoms with Crippen LogP contribution in [0.3, 0.4) is 0 Å². The highest BCUT2D eigenvalue weighted by Gasteiger charge is 2.25. The van der Waals surface area contributed by atoms with Crippen molar-refractivity contribution in [3.05, 3.63) is 53.4 Å². The first-order valence-electron chi connectivity index (χ1n) is 8.88. The van der Waals surface area contributed by atoms with Crippen molar-refractivity contribution in [2.75, 3.05) is 21.3 Å². The Morgan fingerprint density at radius 1 is 0.931 bits per heavy atom. The minimum absolute atomic E-state index is 0.188. The molecule has 0 amide bonds. The van der Waals surface area contributed by atoms with Gasteiger partial charge in [0.2, 0.25) is 11.6 Å². The molecule has 0 saturated heterocycles. The molecular formula is C21H22N2O6. The van der Waals surface area contributed by atoms with E-state index >= 15 is 0 Å². The van der Waals surface area contributed by atoms with E-state index in [1.165, 1.54) is 21.3 Å². The third-order valence-electron chi connectivity index (χ3n) is 4.29. The lowest BCUT2D eigenvalue weighted by molar-refractivity contribution is 0.0275. The number of nitrogens with zero attached hydrogens (tertiary/aromatic N) is 2. The van der Waals surface area contributed by atoms with E-state index in [-0.39, 0.29) is 17.2 Å². The number of carbonyl (C=O) groups excluding carboxylic acids is 1. The van der Waals surface area contributed by atoms with Crippen LogP contribution in [-0.2, 0) is 4.74 Å². The predicted molar refractivity (Wildman–Crippen MR) is 104 cm³/mol. The number of aromatic nitrogens is 2. The maximum Gasteiger partial charge on any atom is 0.342 e. The number of esters is 1. The monoisotopic (exact) mass is 398 g/mol. The van der Waals surface area contributed by atoms with Crippen molar-refractivity contribution in [2.24, 2.45) is 0 Å². The first-order valence-corrected chi connectivity index (χ1v) is 8.88. The normalized spacial score (nSPS) is 11.6. The molecule has 0 saturated carbocycles. The lowest BCUT2D eigenvalue weighted by Crippen LogP contribution is -2.11. The topological polar surface area (TPSA) is 92.9 Å². The molecule has 1 aromatic heterocycles. The second-order valence-corrected chi connectivity index (χ2v) is 6.24. The fraction of sp³-hybridized carbons (Fsp3) is 0.286. The molecule has 0 aliphatic heterocycles. The molecule has 2 aromatic carbocycles. The number of rotatable bonds is 7. The molecule has 0 aliphatic carbocycles. The molecule has 152 valence electrons. The summed E-state index contributed by atoms with van der Waals surface area (Å²) < 4.78 is 27.0. The van der Waals surface area contributed by atoms with Gasteiger partial charge in [-0.15, -0.1) is 10.2 Å². The van der Waals surface area contributed by atoms with Crippen molar-refractivity contribution in [3.8, 4) is 28.7 Å². The first-order chi connectivity index (χ1) is 14.0. The minimum Gasteiger partial charge on any atom is -0.493 e. The Balaban J connectivity index is 1.80. The molecular weight excluding hydrogens is 376 g/mol. The van der Waals surface area contributed by atoms with Crippen LogP contribution in [0.1, 0.15) is 34.8 Å². The zero-order valence-electron chi connectivity index (χ0n) is 16.9. The van der Waals surface area contributed by atoms with Crippen LogP contribution < -0.4 is 14.2 Å². The molecule has 0 bridgehead atoms. The number of hydrogen-bond acceptors (Lipinski definition) is 8. The third-order valence-corrected chi connectivity index (χ3v) is 4.29. The highest BCUT2D eigenvalue weighted by molar-refractivity contribution is 5.94. The summed E-state index contributed by atoms with van der Waals surface area (Å²) >= 11 is 0. The Morgan fingerprint density at radius 2 is 1.62 bits per heavy atom. The minimum atomic E-state index is -0.757. The van der Waals surface area contributed by atoms with Gasteiger partial charge in [-0.25, -0.2) is 4.79 Å². The molecule has 29 heavy (non-hydrogen) atoms. The van der Waals surface area contributed by atoms with Crippen LogP contribution in [0.2, 0.25) is 0 Å². The van der Waals surface area contributed by atoms with Crippen LogP contribution in [0.4, 0.5) is 0 Å². The van der Waals surface area contributed by atoms with E-state index in [0.29, 0.717) is 17.4 Å². The van der Waals surface area contributed by atoms with E-state index in [0.717, 1.165) is 11.1 Å².